The van der Waals surface area contributed by atoms with Crippen LogP contribution in [0.5, 0.6) is 5.75 Å². The molecule has 0 heterocycles. The molecule has 1 aromatic rings. The maximum absolute atomic E-state index is 12.3. The van der Waals surface area contributed by atoms with Crippen LogP contribution in [-0.2, 0) is 0 Å². The van der Waals surface area contributed by atoms with Gasteiger partial charge in [0.05, 0.1) is 11.6 Å². The van der Waals surface area contributed by atoms with Gasteiger partial charge in [-0.3, -0.25) is 14.5 Å². The highest BCUT2D eigenvalue weighted by molar-refractivity contribution is 5.53. The first-order valence-corrected chi connectivity index (χ1v) is 4.10. The van der Waals surface area contributed by atoms with Gasteiger partial charge in [0.15, 0.2) is 5.75 Å². The van der Waals surface area contributed by atoms with Crippen LogP contribution in [0.1, 0.15) is 18.4 Å². The van der Waals surface area contributed by atoms with Crippen molar-refractivity contribution < 1.29 is 14.4 Å². The van der Waals surface area contributed by atoms with E-state index in [-0.39, 0.29) is 5.56 Å². The number of hydrogen-bond donors (Lipinski definition) is 1. The molecule has 0 radical (unpaired) electrons. The fraction of sp³-hybridized carbons (Fsp3) is 0.333. The lowest BCUT2D eigenvalue weighted by atomic mass is 10.0. The van der Waals surface area contributed by atoms with Gasteiger partial charge in [0.2, 0.25) is 0 Å². The lowest BCUT2D eigenvalue weighted by Gasteiger charge is -2.08. The van der Waals surface area contributed by atoms with Gasteiger partial charge in [0.25, 0.3) is 0 Å². The van der Waals surface area contributed by atoms with Crippen molar-refractivity contribution >= 4 is 5.69 Å². The van der Waals surface area contributed by atoms with Crippen LogP contribution in [0.2, 0.25) is 0 Å². The number of phenolic OH excluding ortho intramolecular Hbond substituents is 1. The maximum atomic E-state index is 12.3. The van der Waals surface area contributed by atoms with E-state index in [1.54, 1.807) is 0 Å². The first-order valence-electron chi connectivity index (χ1n) is 4.10. The molecule has 0 saturated heterocycles. The van der Waals surface area contributed by atoms with Gasteiger partial charge in [-0.15, -0.1) is 0 Å². The zero-order chi connectivity index (χ0) is 10.7. The van der Waals surface area contributed by atoms with Crippen molar-refractivity contribution in [2.24, 2.45) is 0 Å². The number of rotatable bonds is 3. The van der Waals surface area contributed by atoms with E-state index < -0.39 is 29.0 Å². The molecule has 0 aliphatic heterocycles. The SMILES string of the molecule is CC(CF)c1cccc(O)c1[N+](=O)[O-]. The summed E-state index contributed by atoms with van der Waals surface area (Å²) in [6.45, 7) is 0.839. The van der Waals surface area contributed by atoms with Gasteiger partial charge < -0.3 is 5.11 Å². The van der Waals surface area contributed by atoms with Gasteiger partial charge in [0, 0.05) is 11.5 Å². The van der Waals surface area contributed by atoms with E-state index in [0.717, 1.165) is 0 Å². The topological polar surface area (TPSA) is 63.4 Å². The maximum Gasteiger partial charge on any atom is 0.314 e. The number of nitro groups is 1. The smallest absolute Gasteiger partial charge is 0.314 e. The van der Waals surface area contributed by atoms with E-state index in [9.17, 15) is 19.6 Å². The van der Waals surface area contributed by atoms with Crippen molar-refractivity contribution in [2.45, 2.75) is 12.8 Å². The Morgan fingerprint density at radius 2 is 2.29 bits per heavy atom. The highest BCUT2D eigenvalue weighted by atomic mass is 19.1. The summed E-state index contributed by atoms with van der Waals surface area (Å²) in [5.74, 6) is -1.00. The van der Waals surface area contributed by atoms with E-state index in [4.69, 9.17) is 0 Å². The zero-order valence-electron chi connectivity index (χ0n) is 7.61. The van der Waals surface area contributed by atoms with Crippen LogP contribution in [-0.4, -0.2) is 16.7 Å². The molecule has 0 aromatic heterocycles. The molecule has 0 saturated carbocycles. The highest BCUT2D eigenvalue weighted by Gasteiger charge is 2.22. The van der Waals surface area contributed by atoms with Gasteiger partial charge in [-0.1, -0.05) is 19.1 Å². The standard InChI is InChI=1S/C9H10FNO3/c1-6(5-10)7-3-2-4-8(12)9(7)11(13)14/h2-4,6,12H,5H2,1H3. The normalized spacial score (nSPS) is 12.4. The molecule has 0 spiro atoms. The molecule has 0 aliphatic rings. The van der Waals surface area contributed by atoms with Gasteiger partial charge in [0.1, 0.15) is 0 Å². The predicted octanol–water partition coefficient (Wildman–Crippen LogP) is 2.37. The van der Waals surface area contributed by atoms with Crippen LogP contribution < -0.4 is 0 Å². The van der Waals surface area contributed by atoms with Crippen molar-refractivity contribution in [2.75, 3.05) is 6.67 Å². The van der Waals surface area contributed by atoms with Crippen molar-refractivity contribution in [3.63, 3.8) is 0 Å². The number of halogens is 1. The largest absolute Gasteiger partial charge is 0.502 e. The van der Waals surface area contributed by atoms with E-state index in [2.05, 4.69) is 0 Å². The van der Waals surface area contributed by atoms with Crippen LogP contribution in [0.3, 0.4) is 0 Å². The van der Waals surface area contributed by atoms with Crippen LogP contribution in [0.4, 0.5) is 10.1 Å². The third kappa shape index (κ3) is 1.81. The molecule has 1 unspecified atom stereocenters. The summed E-state index contributed by atoms with van der Waals surface area (Å²) in [7, 11) is 0. The molecular weight excluding hydrogens is 189 g/mol. The summed E-state index contributed by atoms with van der Waals surface area (Å²) in [4.78, 5) is 9.89. The quantitative estimate of drug-likeness (QED) is 0.600. The Bertz CT molecular complexity index is 354. The minimum absolute atomic E-state index is 0.220. The lowest BCUT2D eigenvalue weighted by molar-refractivity contribution is -0.386. The molecule has 0 bridgehead atoms. The van der Waals surface area contributed by atoms with Crippen LogP contribution in [0, 0.1) is 10.1 Å². The molecule has 5 heteroatoms. The molecule has 1 atom stereocenters. The molecule has 1 rings (SSSR count). The highest BCUT2D eigenvalue weighted by Crippen LogP contribution is 2.34. The zero-order valence-corrected chi connectivity index (χ0v) is 7.61. The lowest BCUT2D eigenvalue weighted by Crippen LogP contribution is -2.01. The summed E-state index contributed by atoms with van der Waals surface area (Å²) in [6, 6.07) is 4.12. The fourth-order valence-electron chi connectivity index (χ4n) is 1.23. The van der Waals surface area contributed by atoms with E-state index in [1.165, 1.54) is 25.1 Å². The number of hydrogen-bond acceptors (Lipinski definition) is 3. The Hall–Kier alpha value is -1.65. The van der Waals surface area contributed by atoms with Crippen LogP contribution in [0.25, 0.3) is 0 Å². The molecule has 1 aromatic carbocycles. The number of aromatic hydroxyl groups is 1. The Morgan fingerprint density at radius 3 is 2.79 bits per heavy atom. The van der Waals surface area contributed by atoms with Gasteiger partial charge in [-0.2, -0.15) is 0 Å². The second-order valence-electron chi connectivity index (χ2n) is 3.03. The average molecular weight is 199 g/mol. The van der Waals surface area contributed by atoms with Crippen molar-refractivity contribution in [1.82, 2.24) is 0 Å². The number of nitro benzene ring substituents is 1. The van der Waals surface area contributed by atoms with E-state index in [1.807, 2.05) is 0 Å². The number of alkyl halides is 1. The summed E-state index contributed by atoms with van der Waals surface area (Å²) in [5, 5.41) is 19.8. The average Bonchev–Trinajstić information content (AvgIpc) is 2.15. The number of para-hydroxylation sites is 1. The first kappa shape index (κ1) is 10.4. The molecule has 0 fully saturated rings. The Morgan fingerprint density at radius 1 is 1.64 bits per heavy atom. The van der Waals surface area contributed by atoms with Gasteiger partial charge >= 0.3 is 5.69 Å². The second-order valence-corrected chi connectivity index (χ2v) is 3.03. The monoisotopic (exact) mass is 199 g/mol. The molecule has 4 nitrogen and oxygen atoms in total. The molecule has 14 heavy (non-hydrogen) atoms. The van der Waals surface area contributed by atoms with E-state index in [0.29, 0.717) is 0 Å². The third-order valence-corrected chi connectivity index (χ3v) is 1.99. The Balaban J connectivity index is 3.28. The minimum Gasteiger partial charge on any atom is -0.502 e. The van der Waals surface area contributed by atoms with Crippen molar-refractivity contribution in [1.29, 1.82) is 0 Å². The number of phenols is 1. The van der Waals surface area contributed by atoms with Crippen LogP contribution >= 0.6 is 0 Å². The summed E-state index contributed by atoms with van der Waals surface area (Å²) in [5.41, 5.74) is -0.185. The Labute approximate surface area is 80.1 Å². The summed E-state index contributed by atoms with van der Waals surface area (Å²) >= 11 is 0. The molecule has 0 aliphatic carbocycles. The predicted molar refractivity (Wildman–Crippen MR) is 49.2 cm³/mol. The van der Waals surface area contributed by atoms with Gasteiger partial charge in [-0.25, -0.2) is 0 Å². The van der Waals surface area contributed by atoms with Crippen LogP contribution in [0.15, 0.2) is 18.2 Å². The summed E-state index contributed by atoms with van der Waals surface area (Å²) < 4.78 is 12.3. The first-order chi connectivity index (χ1) is 6.57. The van der Waals surface area contributed by atoms with Crippen molar-refractivity contribution in [3.05, 3.63) is 33.9 Å². The second kappa shape index (κ2) is 4.04. The number of benzene rings is 1. The molecule has 76 valence electrons. The molecular formula is C9H10FNO3. The van der Waals surface area contributed by atoms with E-state index >= 15 is 0 Å². The number of nitrogens with zero attached hydrogens (tertiary/aromatic N) is 1. The Kier molecular flexibility index (Phi) is 3.01. The summed E-state index contributed by atoms with van der Waals surface area (Å²) in [6.07, 6.45) is 0. The van der Waals surface area contributed by atoms with Gasteiger partial charge in [-0.05, 0) is 6.07 Å². The minimum atomic E-state index is -0.698. The third-order valence-electron chi connectivity index (χ3n) is 1.99. The molecule has 1 N–H and O–H groups in total. The van der Waals surface area contributed by atoms with Crippen molar-refractivity contribution in [3.8, 4) is 5.75 Å². The fourth-order valence-corrected chi connectivity index (χ4v) is 1.23. The molecule has 0 amide bonds.